The zero-order valence-electron chi connectivity index (χ0n) is 21.5. The summed E-state index contributed by atoms with van der Waals surface area (Å²) < 4.78 is 5.47. The van der Waals surface area contributed by atoms with Crippen LogP contribution in [0.25, 0.3) is 0 Å². The van der Waals surface area contributed by atoms with Crippen LogP contribution < -0.4 is 0 Å². The van der Waals surface area contributed by atoms with Gasteiger partial charge in [-0.15, -0.1) is 0 Å². The highest BCUT2D eigenvalue weighted by molar-refractivity contribution is 8.13. The maximum Gasteiger partial charge on any atom is 0.200 e. The van der Waals surface area contributed by atoms with Crippen LogP contribution in [0, 0.1) is 11.3 Å². The van der Waals surface area contributed by atoms with Gasteiger partial charge in [-0.1, -0.05) is 103 Å². The van der Waals surface area contributed by atoms with Gasteiger partial charge in [0.15, 0.2) is 5.12 Å². The lowest BCUT2D eigenvalue weighted by Crippen LogP contribution is -2.47. The molecule has 192 valence electrons. The van der Waals surface area contributed by atoms with E-state index in [-0.39, 0.29) is 5.12 Å². The Balaban J connectivity index is 1.33. The van der Waals surface area contributed by atoms with Crippen LogP contribution in [-0.2, 0) is 21.4 Å². The third-order valence-corrected chi connectivity index (χ3v) is 8.96. The Bertz CT molecular complexity index is 1300. The largest absolute Gasteiger partial charge is 0.468 e. The maximum absolute atomic E-state index is 13.7. The number of thioether (sulfide) groups is 1. The Morgan fingerprint density at radius 2 is 1.45 bits per heavy atom. The Kier molecular flexibility index (Phi) is 8.12. The standard InChI is InChI=1S/C33H32N2O2S/c34-26-33(28-13-6-2-7-14-28,29-15-8-3-9-16-29)20-23-35-21-18-32(19-22-35,27-11-4-1-5-12-27)31(36)38-25-30-17-10-24-37-30/h1-17,24H,18-23,25H2. The lowest BCUT2D eigenvalue weighted by atomic mass is 9.72. The number of benzene rings is 3. The fourth-order valence-electron chi connectivity index (χ4n) is 5.61. The summed E-state index contributed by atoms with van der Waals surface area (Å²) in [6, 6.07) is 36.9. The van der Waals surface area contributed by atoms with Crippen LogP contribution in [0.5, 0.6) is 0 Å². The number of hydrogen-bond acceptors (Lipinski definition) is 5. The summed E-state index contributed by atoms with van der Waals surface area (Å²) in [6.45, 7) is 2.41. The van der Waals surface area contributed by atoms with E-state index in [0.717, 1.165) is 54.9 Å². The SMILES string of the molecule is N#CC(CCN1CCC(C(=O)SCc2ccco2)(c2ccccc2)CC1)(c1ccccc1)c1ccccc1. The van der Waals surface area contributed by atoms with E-state index in [2.05, 4.69) is 47.4 Å². The molecule has 0 unspecified atom stereocenters. The third kappa shape index (κ3) is 5.34. The predicted molar refractivity (Wildman–Crippen MR) is 153 cm³/mol. The second-order valence-corrected chi connectivity index (χ2v) is 10.9. The van der Waals surface area contributed by atoms with Gasteiger partial charge in [0.25, 0.3) is 0 Å². The molecule has 0 aliphatic carbocycles. The van der Waals surface area contributed by atoms with Crippen LogP contribution in [0.3, 0.4) is 0 Å². The number of likely N-dealkylation sites (tertiary alicyclic amines) is 1. The summed E-state index contributed by atoms with van der Waals surface area (Å²) in [5.74, 6) is 1.36. The molecule has 4 aromatic rings. The molecule has 4 nitrogen and oxygen atoms in total. The van der Waals surface area contributed by atoms with Gasteiger partial charge in [0.2, 0.25) is 0 Å². The Morgan fingerprint density at radius 1 is 0.868 bits per heavy atom. The normalized spacial score (nSPS) is 15.6. The maximum atomic E-state index is 13.7. The molecule has 0 amide bonds. The molecule has 1 aromatic heterocycles. The topological polar surface area (TPSA) is 57.2 Å². The molecule has 1 aliphatic rings. The summed E-state index contributed by atoms with van der Waals surface area (Å²) in [7, 11) is 0. The first kappa shape index (κ1) is 26.0. The molecule has 38 heavy (non-hydrogen) atoms. The van der Waals surface area contributed by atoms with Crippen molar-refractivity contribution in [2.45, 2.75) is 35.8 Å². The number of hydrogen-bond donors (Lipinski definition) is 0. The summed E-state index contributed by atoms with van der Waals surface area (Å²) in [6.07, 6.45) is 3.86. The summed E-state index contributed by atoms with van der Waals surface area (Å²) >= 11 is 1.36. The molecule has 0 N–H and O–H groups in total. The molecule has 0 spiro atoms. The van der Waals surface area contributed by atoms with Crippen molar-refractivity contribution in [2.24, 2.45) is 0 Å². The van der Waals surface area contributed by atoms with E-state index in [4.69, 9.17) is 4.42 Å². The Morgan fingerprint density at radius 3 is 1.97 bits per heavy atom. The number of rotatable bonds is 9. The second kappa shape index (κ2) is 11.9. The van der Waals surface area contributed by atoms with Gasteiger partial charge in [-0.2, -0.15) is 5.26 Å². The van der Waals surface area contributed by atoms with Gasteiger partial charge >= 0.3 is 0 Å². The molecule has 0 atom stereocenters. The van der Waals surface area contributed by atoms with Gasteiger partial charge in [0.1, 0.15) is 11.2 Å². The van der Waals surface area contributed by atoms with Gasteiger partial charge in [0, 0.05) is 6.54 Å². The van der Waals surface area contributed by atoms with Crippen molar-refractivity contribution in [1.82, 2.24) is 4.90 Å². The van der Waals surface area contributed by atoms with Crippen molar-refractivity contribution < 1.29 is 9.21 Å². The highest BCUT2D eigenvalue weighted by Crippen LogP contribution is 2.41. The average molecular weight is 521 g/mol. The lowest BCUT2D eigenvalue weighted by molar-refractivity contribution is -0.117. The average Bonchev–Trinajstić information content (AvgIpc) is 3.52. The Labute approximate surface area is 229 Å². The van der Waals surface area contributed by atoms with Crippen molar-refractivity contribution in [3.63, 3.8) is 0 Å². The number of carbonyl (C=O) groups is 1. The highest BCUT2D eigenvalue weighted by atomic mass is 32.2. The van der Waals surface area contributed by atoms with Crippen molar-refractivity contribution in [3.05, 3.63) is 132 Å². The molecule has 0 saturated carbocycles. The molecule has 5 rings (SSSR count). The summed E-state index contributed by atoms with van der Waals surface area (Å²) in [4.78, 5) is 16.1. The van der Waals surface area contributed by atoms with Crippen molar-refractivity contribution in [1.29, 1.82) is 5.26 Å². The van der Waals surface area contributed by atoms with Gasteiger partial charge in [-0.3, -0.25) is 4.79 Å². The Hall–Kier alpha value is -3.59. The second-order valence-electron chi connectivity index (χ2n) is 9.94. The minimum Gasteiger partial charge on any atom is -0.468 e. The van der Waals surface area contributed by atoms with E-state index < -0.39 is 10.8 Å². The third-order valence-electron chi connectivity index (χ3n) is 7.88. The smallest absolute Gasteiger partial charge is 0.200 e. The van der Waals surface area contributed by atoms with E-state index in [0.29, 0.717) is 12.2 Å². The van der Waals surface area contributed by atoms with Crippen LogP contribution >= 0.6 is 11.8 Å². The van der Waals surface area contributed by atoms with Crippen LogP contribution in [0.1, 0.15) is 41.7 Å². The van der Waals surface area contributed by atoms with E-state index in [1.54, 1.807) is 6.26 Å². The highest BCUT2D eigenvalue weighted by Gasteiger charge is 2.43. The quantitative estimate of drug-likeness (QED) is 0.238. The first-order valence-corrected chi connectivity index (χ1v) is 14.1. The van der Waals surface area contributed by atoms with Crippen LogP contribution in [-0.4, -0.2) is 29.6 Å². The predicted octanol–water partition coefficient (Wildman–Crippen LogP) is 6.97. The zero-order valence-corrected chi connectivity index (χ0v) is 22.3. The molecule has 0 bridgehead atoms. The molecule has 0 radical (unpaired) electrons. The van der Waals surface area contributed by atoms with Gasteiger partial charge < -0.3 is 9.32 Å². The van der Waals surface area contributed by atoms with E-state index in [1.807, 2.05) is 66.7 Å². The van der Waals surface area contributed by atoms with Crippen molar-refractivity contribution in [2.75, 3.05) is 19.6 Å². The van der Waals surface area contributed by atoms with E-state index in [1.165, 1.54) is 11.8 Å². The molecule has 1 fully saturated rings. The van der Waals surface area contributed by atoms with E-state index >= 15 is 0 Å². The van der Waals surface area contributed by atoms with Crippen LogP contribution in [0.2, 0.25) is 0 Å². The van der Waals surface area contributed by atoms with Gasteiger partial charge in [0.05, 0.1) is 23.5 Å². The summed E-state index contributed by atoms with van der Waals surface area (Å²) in [5, 5.41) is 10.7. The first-order valence-electron chi connectivity index (χ1n) is 13.2. The fraction of sp³-hybridized carbons (Fsp3) is 0.273. The summed E-state index contributed by atoms with van der Waals surface area (Å²) in [5.41, 5.74) is 1.91. The van der Waals surface area contributed by atoms with Gasteiger partial charge in [-0.25, -0.2) is 0 Å². The number of nitriles is 1. The van der Waals surface area contributed by atoms with Gasteiger partial charge in [-0.05, 0) is 61.2 Å². The number of nitrogens with zero attached hydrogens (tertiary/aromatic N) is 2. The number of piperidine rings is 1. The monoisotopic (exact) mass is 520 g/mol. The molecule has 2 heterocycles. The molecular weight excluding hydrogens is 488 g/mol. The van der Waals surface area contributed by atoms with Crippen molar-refractivity contribution in [3.8, 4) is 6.07 Å². The molecule has 3 aromatic carbocycles. The zero-order chi connectivity index (χ0) is 26.3. The minimum atomic E-state index is -0.717. The molecular formula is C33H32N2O2S. The van der Waals surface area contributed by atoms with Crippen LogP contribution in [0.15, 0.2) is 114 Å². The molecule has 1 aliphatic heterocycles. The van der Waals surface area contributed by atoms with Crippen molar-refractivity contribution >= 4 is 16.9 Å². The van der Waals surface area contributed by atoms with Crippen LogP contribution in [0.4, 0.5) is 0 Å². The van der Waals surface area contributed by atoms with E-state index in [9.17, 15) is 10.1 Å². The number of furan rings is 1. The molecule has 1 saturated heterocycles. The molecule has 5 heteroatoms. The first-order chi connectivity index (χ1) is 18.7. The lowest BCUT2D eigenvalue weighted by Gasteiger charge is -2.41. The number of carbonyl (C=O) groups excluding carboxylic acids is 1. The minimum absolute atomic E-state index is 0.208. The fourth-order valence-corrected chi connectivity index (χ4v) is 6.64.